The van der Waals surface area contributed by atoms with Crippen molar-refractivity contribution < 1.29 is 4.74 Å². The molecule has 0 bridgehead atoms. The molecule has 0 aromatic carbocycles. The molecule has 1 heterocycles. The summed E-state index contributed by atoms with van der Waals surface area (Å²) < 4.78 is 5.55. The van der Waals surface area contributed by atoms with E-state index in [1.165, 1.54) is 25.0 Å². The van der Waals surface area contributed by atoms with Crippen molar-refractivity contribution >= 4 is 11.8 Å². The Morgan fingerprint density at radius 1 is 1.53 bits per heavy atom. The summed E-state index contributed by atoms with van der Waals surface area (Å²) >= 11 is 2.09. The van der Waals surface area contributed by atoms with E-state index in [0.717, 1.165) is 18.4 Å². The average Bonchev–Trinajstić information content (AvgIpc) is 2.61. The monoisotopic (exact) mass is 231 g/mol. The van der Waals surface area contributed by atoms with E-state index < -0.39 is 0 Å². The average molecular weight is 231 g/mol. The Labute approximate surface area is 98.5 Å². The molecule has 1 N–H and O–H groups in total. The highest BCUT2D eigenvalue weighted by molar-refractivity contribution is 7.99. The fourth-order valence-electron chi connectivity index (χ4n) is 1.82. The molecule has 1 fully saturated rings. The van der Waals surface area contributed by atoms with Crippen molar-refractivity contribution in [2.75, 3.05) is 18.9 Å². The van der Waals surface area contributed by atoms with Crippen molar-refractivity contribution in [2.45, 2.75) is 57.4 Å². The van der Waals surface area contributed by atoms with E-state index in [4.69, 9.17) is 4.74 Å². The summed E-state index contributed by atoms with van der Waals surface area (Å²) in [7, 11) is 0. The minimum atomic E-state index is 0.467. The smallest absolute Gasteiger partial charge is 0.0666 e. The number of ether oxygens (including phenoxy) is 1. The molecule has 3 unspecified atom stereocenters. The fraction of sp³-hybridized carbons (Fsp3) is 1.00. The van der Waals surface area contributed by atoms with E-state index in [-0.39, 0.29) is 0 Å². The summed E-state index contributed by atoms with van der Waals surface area (Å²) in [6, 6.07) is 0.662. The molecule has 2 nitrogen and oxygen atoms in total. The third-order valence-corrected chi connectivity index (χ3v) is 4.45. The van der Waals surface area contributed by atoms with E-state index in [1.54, 1.807) is 0 Å². The topological polar surface area (TPSA) is 21.3 Å². The van der Waals surface area contributed by atoms with Gasteiger partial charge in [0, 0.05) is 17.9 Å². The fourth-order valence-corrected chi connectivity index (χ4v) is 3.22. The Balaban J connectivity index is 2.00. The highest BCUT2D eigenvalue weighted by Gasteiger charge is 2.24. The van der Waals surface area contributed by atoms with Crippen LogP contribution in [0.3, 0.4) is 0 Å². The van der Waals surface area contributed by atoms with Gasteiger partial charge < -0.3 is 10.1 Å². The molecule has 15 heavy (non-hydrogen) atoms. The maximum Gasteiger partial charge on any atom is 0.0666 e. The minimum absolute atomic E-state index is 0.467. The first-order valence-corrected chi connectivity index (χ1v) is 7.25. The molecule has 0 aromatic heterocycles. The van der Waals surface area contributed by atoms with Crippen LogP contribution in [0.5, 0.6) is 0 Å². The standard InChI is InChI=1S/C12H25NOS/c1-4-7-13-10(2)6-9-15-12-5-8-14-11(12)3/h10-13H,4-9H2,1-3H3. The van der Waals surface area contributed by atoms with Gasteiger partial charge in [-0.25, -0.2) is 0 Å². The predicted octanol–water partition coefficient (Wildman–Crippen LogP) is 2.68. The van der Waals surface area contributed by atoms with Gasteiger partial charge in [0.15, 0.2) is 0 Å². The maximum absolute atomic E-state index is 5.55. The Morgan fingerprint density at radius 3 is 2.93 bits per heavy atom. The first-order valence-electron chi connectivity index (χ1n) is 6.20. The van der Waals surface area contributed by atoms with Gasteiger partial charge >= 0.3 is 0 Å². The summed E-state index contributed by atoms with van der Waals surface area (Å²) in [6.07, 6.45) is 4.20. The molecule has 1 saturated heterocycles. The molecule has 1 aliphatic rings. The molecule has 0 amide bonds. The van der Waals surface area contributed by atoms with E-state index in [9.17, 15) is 0 Å². The van der Waals surface area contributed by atoms with Crippen LogP contribution in [0, 0.1) is 0 Å². The molecule has 1 aliphatic heterocycles. The number of hydrogen-bond donors (Lipinski definition) is 1. The summed E-state index contributed by atoms with van der Waals surface area (Å²) in [5.74, 6) is 1.26. The number of hydrogen-bond acceptors (Lipinski definition) is 3. The van der Waals surface area contributed by atoms with Gasteiger partial charge in [-0.1, -0.05) is 6.92 Å². The van der Waals surface area contributed by atoms with Crippen molar-refractivity contribution in [1.29, 1.82) is 0 Å². The number of nitrogens with one attached hydrogen (secondary N) is 1. The molecule has 90 valence electrons. The van der Waals surface area contributed by atoms with Gasteiger partial charge in [0.1, 0.15) is 0 Å². The quantitative estimate of drug-likeness (QED) is 0.728. The first-order chi connectivity index (χ1) is 7.24. The van der Waals surface area contributed by atoms with Crippen LogP contribution in [0.25, 0.3) is 0 Å². The minimum Gasteiger partial charge on any atom is -0.377 e. The summed E-state index contributed by atoms with van der Waals surface area (Å²) in [5, 5.41) is 4.26. The van der Waals surface area contributed by atoms with Gasteiger partial charge in [0.2, 0.25) is 0 Å². The highest BCUT2D eigenvalue weighted by atomic mass is 32.2. The third-order valence-electron chi connectivity index (χ3n) is 2.93. The zero-order valence-corrected chi connectivity index (χ0v) is 11.1. The van der Waals surface area contributed by atoms with Crippen LogP contribution in [0.1, 0.15) is 40.0 Å². The van der Waals surface area contributed by atoms with Crippen LogP contribution >= 0.6 is 11.8 Å². The largest absolute Gasteiger partial charge is 0.377 e. The Morgan fingerprint density at radius 2 is 2.33 bits per heavy atom. The van der Waals surface area contributed by atoms with Crippen LogP contribution in [-0.2, 0) is 4.74 Å². The molecule has 0 saturated carbocycles. The Bertz CT molecular complexity index is 166. The normalized spacial score (nSPS) is 28.2. The van der Waals surface area contributed by atoms with Crippen molar-refractivity contribution in [3.05, 3.63) is 0 Å². The van der Waals surface area contributed by atoms with Crippen molar-refractivity contribution in [1.82, 2.24) is 5.32 Å². The van der Waals surface area contributed by atoms with Gasteiger partial charge in [-0.2, -0.15) is 11.8 Å². The van der Waals surface area contributed by atoms with Crippen LogP contribution in [0.4, 0.5) is 0 Å². The van der Waals surface area contributed by atoms with E-state index in [1.807, 2.05) is 0 Å². The lowest BCUT2D eigenvalue weighted by Gasteiger charge is -2.16. The van der Waals surface area contributed by atoms with Crippen LogP contribution < -0.4 is 5.32 Å². The predicted molar refractivity (Wildman–Crippen MR) is 68.6 cm³/mol. The molecular weight excluding hydrogens is 206 g/mol. The van der Waals surface area contributed by atoms with Gasteiger partial charge in [0.25, 0.3) is 0 Å². The molecule has 0 radical (unpaired) electrons. The second-order valence-electron chi connectivity index (χ2n) is 4.42. The maximum atomic E-state index is 5.55. The van der Waals surface area contributed by atoms with Gasteiger partial charge in [-0.05, 0) is 45.4 Å². The Hall–Kier alpha value is 0.270. The lowest BCUT2D eigenvalue weighted by molar-refractivity contribution is 0.127. The Kier molecular flexibility index (Phi) is 6.69. The zero-order chi connectivity index (χ0) is 11.1. The highest BCUT2D eigenvalue weighted by Crippen LogP contribution is 2.26. The number of rotatable bonds is 7. The molecule has 0 aromatic rings. The summed E-state index contributed by atoms with van der Waals surface area (Å²) in [6.45, 7) is 8.80. The van der Waals surface area contributed by atoms with Crippen molar-refractivity contribution in [3.63, 3.8) is 0 Å². The SMILES string of the molecule is CCCNC(C)CCSC1CCOC1C. The third kappa shape index (κ3) is 5.23. The van der Waals surface area contributed by atoms with Gasteiger partial charge in [-0.3, -0.25) is 0 Å². The van der Waals surface area contributed by atoms with Crippen molar-refractivity contribution in [2.24, 2.45) is 0 Å². The summed E-state index contributed by atoms with van der Waals surface area (Å²) in [5.41, 5.74) is 0. The van der Waals surface area contributed by atoms with E-state index >= 15 is 0 Å². The molecular formula is C12H25NOS. The molecule has 1 rings (SSSR count). The van der Waals surface area contributed by atoms with Crippen LogP contribution in [0.15, 0.2) is 0 Å². The van der Waals surface area contributed by atoms with Crippen LogP contribution in [-0.4, -0.2) is 36.3 Å². The molecule has 3 atom stereocenters. The van der Waals surface area contributed by atoms with Crippen LogP contribution in [0.2, 0.25) is 0 Å². The van der Waals surface area contributed by atoms with Gasteiger partial charge in [0.05, 0.1) is 6.10 Å². The zero-order valence-electron chi connectivity index (χ0n) is 10.3. The van der Waals surface area contributed by atoms with Gasteiger partial charge in [-0.15, -0.1) is 0 Å². The molecule has 3 heteroatoms. The second kappa shape index (κ2) is 7.53. The first kappa shape index (κ1) is 13.3. The molecule has 0 aliphatic carbocycles. The lowest BCUT2D eigenvalue weighted by Crippen LogP contribution is -2.27. The second-order valence-corrected chi connectivity index (χ2v) is 5.76. The lowest BCUT2D eigenvalue weighted by atomic mass is 10.2. The molecule has 0 spiro atoms. The van der Waals surface area contributed by atoms with Crippen molar-refractivity contribution in [3.8, 4) is 0 Å². The number of thioether (sulfide) groups is 1. The van der Waals surface area contributed by atoms with E-state index in [2.05, 4.69) is 37.8 Å². The van der Waals surface area contributed by atoms with E-state index in [0.29, 0.717) is 12.1 Å². The summed E-state index contributed by atoms with van der Waals surface area (Å²) in [4.78, 5) is 0.